The van der Waals surface area contributed by atoms with Crippen LogP contribution < -0.4 is 4.72 Å². The summed E-state index contributed by atoms with van der Waals surface area (Å²) in [5.74, 6) is 0.436. The fourth-order valence-electron chi connectivity index (χ4n) is 3.16. The van der Waals surface area contributed by atoms with Crippen molar-refractivity contribution in [1.82, 2.24) is 4.72 Å². The van der Waals surface area contributed by atoms with E-state index in [0.717, 1.165) is 36.8 Å². The van der Waals surface area contributed by atoms with Gasteiger partial charge in [-0.15, -0.1) is 0 Å². The SMILES string of the molecule is CCC1CCCCC1NS(=O)(=O)Cc1cccc(CO)c1. The van der Waals surface area contributed by atoms with Crippen LogP contribution in [0.15, 0.2) is 24.3 Å². The predicted octanol–water partition coefficient (Wildman–Crippen LogP) is 2.57. The van der Waals surface area contributed by atoms with Gasteiger partial charge in [-0.2, -0.15) is 0 Å². The number of rotatable bonds is 6. The van der Waals surface area contributed by atoms with Gasteiger partial charge in [0.25, 0.3) is 0 Å². The third kappa shape index (κ3) is 4.80. The highest BCUT2D eigenvalue weighted by Gasteiger charge is 2.27. The van der Waals surface area contributed by atoms with Crippen LogP contribution in [0.25, 0.3) is 0 Å². The Morgan fingerprint density at radius 1 is 1.24 bits per heavy atom. The van der Waals surface area contributed by atoms with Gasteiger partial charge in [0.05, 0.1) is 12.4 Å². The van der Waals surface area contributed by atoms with Crippen LogP contribution in [0.4, 0.5) is 0 Å². The lowest BCUT2D eigenvalue weighted by molar-refractivity contribution is 0.281. The number of aliphatic hydroxyl groups is 1. The summed E-state index contributed by atoms with van der Waals surface area (Å²) in [6.45, 7) is 2.06. The number of sulfonamides is 1. The zero-order chi connectivity index (χ0) is 15.3. The van der Waals surface area contributed by atoms with Gasteiger partial charge in [0.15, 0.2) is 0 Å². The lowest BCUT2D eigenvalue weighted by atomic mass is 9.83. The standard InChI is InChI=1S/C16H25NO3S/c1-2-15-8-3-4-9-16(15)17-21(19,20)12-14-7-5-6-13(10-14)11-18/h5-7,10,15-18H,2-4,8-9,11-12H2,1H3. The van der Waals surface area contributed by atoms with E-state index in [-0.39, 0.29) is 18.4 Å². The van der Waals surface area contributed by atoms with E-state index >= 15 is 0 Å². The average Bonchev–Trinajstić information content (AvgIpc) is 2.47. The van der Waals surface area contributed by atoms with Crippen LogP contribution in [0.3, 0.4) is 0 Å². The van der Waals surface area contributed by atoms with E-state index in [2.05, 4.69) is 11.6 Å². The van der Waals surface area contributed by atoms with Gasteiger partial charge in [-0.1, -0.05) is 50.5 Å². The lowest BCUT2D eigenvalue weighted by Crippen LogP contribution is -2.42. The third-order valence-corrected chi connectivity index (χ3v) is 5.67. The first kappa shape index (κ1) is 16.5. The Balaban J connectivity index is 2.03. The second-order valence-electron chi connectivity index (χ2n) is 5.91. The molecule has 118 valence electrons. The number of hydrogen-bond acceptors (Lipinski definition) is 3. The average molecular weight is 311 g/mol. The Morgan fingerprint density at radius 3 is 2.67 bits per heavy atom. The molecule has 0 saturated heterocycles. The molecule has 0 aromatic heterocycles. The second kappa shape index (κ2) is 7.38. The molecule has 1 aliphatic rings. The number of benzene rings is 1. The van der Waals surface area contributed by atoms with Gasteiger partial charge in [0.1, 0.15) is 0 Å². The molecular formula is C16H25NO3S. The first-order valence-corrected chi connectivity index (χ1v) is 9.38. The van der Waals surface area contributed by atoms with Crippen molar-refractivity contribution in [3.8, 4) is 0 Å². The summed E-state index contributed by atoms with van der Waals surface area (Å²) in [7, 11) is -3.33. The van der Waals surface area contributed by atoms with Crippen molar-refractivity contribution in [2.24, 2.45) is 5.92 Å². The highest BCUT2D eigenvalue weighted by atomic mass is 32.2. The van der Waals surface area contributed by atoms with Gasteiger partial charge in [-0.05, 0) is 29.9 Å². The second-order valence-corrected chi connectivity index (χ2v) is 7.67. The van der Waals surface area contributed by atoms with Crippen LogP contribution >= 0.6 is 0 Å². The Bertz CT molecular complexity index is 556. The largest absolute Gasteiger partial charge is 0.392 e. The Hall–Kier alpha value is -0.910. The zero-order valence-corrected chi connectivity index (χ0v) is 13.4. The molecule has 0 heterocycles. The molecule has 1 aromatic carbocycles. The van der Waals surface area contributed by atoms with Crippen LogP contribution in [0.5, 0.6) is 0 Å². The summed E-state index contributed by atoms with van der Waals surface area (Å²) in [6, 6.07) is 7.19. The molecule has 2 N–H and O–H groups in total. The molecule has 0 radical (unpaired) electrons. The first-order valence-electron chi connectivity index (χ1n) is 7.72. The fourth-order valence-corrected chi connectivity index (χ4v) is 4.63. The summed E-state index contributed by atoms with van der Waals surface area (Å²) in [5, 5.41) is 9.12. The molecule has 0 bridgehead atoms. The van der Waals surface area contributed by atoms with Crippen molar-refractivity contribution < 1.29 is 13.5 Å². The molecule has 2 rings (SSSR count). The minimum Gasteiger partial charge on any atom is -0.392 e. The van der Waals surface area contributed by atoms with E-state index in [9.17, 15) is 8.42 Å². The van der Waals surface area contributed by atoms with Crippen molar-refractivity contribution in [2.75, 3.05) is 0 Å². The smallest absolute Gasteiger partial charge is 0.216 e. The van der Waals surface area contributed by atoms with Gasteiger partial charge < -0.3 is 5.11 Å². The van der Waals surface area contributed by atoms with Crippen LogP contribution in [0.1, 0.15) is 50.2 Å². The van der Waals surface area contributed by atoms with E-state index in [4.69, 9.17) is 5.11 Å². The Morgan fingerprint density at radius 2 is 1.95 bits per heavy atom. The van der Waals surface area contributed by atoms with Crippen LogP contribution in [-0.2, 0) is 22.4 Å². The van der Waals surface area contributed by atoms with E-state index in [1.54, 1.807) is 24.3 Å². The molecule has 1 aromatic rings. The molecule has 2 atom stereocenters. The number of nitrogens with one attached hydrogen (secondary N) is 1. The van der Waals surface area contributed by atoms with Crippen LogP contribution in [-0.4, -0.2) is 19.6 Å². The Labute approximate surface area is 127 Å². The summed E-state index contributed by atoms with van der Waals surface area (Å²) in [4.78, 5) is 0. The quantitative estimate of drug-likeness (QED) is 0.848. The van der Waals surface area contributed by atoms with Crippen LogP contribution in [0.2, 0.25) is 0 Å². The maximum absolute atomic E-state index is 12.4. The monoisotopic (exact) mass is 311 g/mol. The minimum atomic E-state index is -3.33. The van der Waals surface area contributed by atoms with E-state index in [0.29, 0.717) is 5.92 Å². The maximum Gasteiger partial charge on any atom is 0.216 e. The van der Waals surface area contributed by atoms with Gasteiger partial charge in [0, 0.05) is 6.04 Å². The summed E-state index contributed by atoms with van der Waals surface area (Å²) < 4.78 is 27.6. The van der Waals surface area contributed by atoms with Crippen LogP contribution in [0, 0.1) is 5.92 Å². The van der Waals surface area contributed by atoms with Crippen molar-refractivity contribution in [3.05, 3.63) is 35.4 Å². The minimum absolute atomic E-state index is 0.0201. The predicted molar refractivity (Wildman–Crippen MR) is 84.2 cm³/mol. The van der Waals surface area contributed by atoms with Gasteiger partial charge in [-0.25, -0.2) is 13.1 Å². The van der Waals surface area contributed by atoms with E-state index in [1.165, 1.54) is 6.42 Å². The van der Waals surface area contributed by atoms with Crippen molar-refractivity contribution in [2.45, 2.75) is 57.4 Å². The highest BCUT2D eigenvalue weighted by molar-refractivity contribution is 7.88. The topological polar surface area (TPSA) is 66.4 Å². The summed E-state index contributed by atoms with van der Waals surface area (Å²) in [5.41, 5.74) is 1.46. The molecule has 0 spiro atoms. The molecular weight excluding hydrogens is 286 g/mol. The molecule has 0 amide bonds. The van der Waals surface area contributed by atoms with Crippen molar-refractivity contribution >= 4 is 10.0 Å². The van der Waals surface area contributed by atoms with E-state index in [1.807, 2.05) is 0 Å². The maximum atomic E-state index is 12.4. The summed E-state index contributed by atoms with van der Waals surface area (Å²) >= 11 is 0. The molecule has 21 heavy (non-hydrogen) atoms. The van der Waals surface area contributed by atoms with Gasteiger partial charge in [-0.3, -0.25) is 0 Å². The molecule has 4 nitrogen and oxygen atoms in total. The Kier molecular flexibility index (Phi) is 5.79. The normalized spacial score (nSPS) is 23.1. The third-order valence-electron chi connectivity index (χ3n) is 4.30. The van der Waals surface area contributed by atoms with Crippen molar-refractivity contribution in [3.63, 3.8) is 0 Å². The first-order chi connectivity index (χ1) is 10.0. The van der Waals surface area contributed by atoms with E-state index < -0.39 is 10.0 Å². The molecule has 1 aliphatic carbocycles. The zero-order valence-electron chi connectivity index (χ0n) is 12.6. The highest BCUT2D eigenvalue weighted by Crippen LogP contribution is 2.27. The molecule has 1 fully saturated rings. The molecule has 0 aliphatic heterocycles. The van der Waals surface area contributed by atoms with Gasteiger partial charge >= 0.3 is 0 Å². The molecule has 2 unspecified atom stereocenters. The molecule has 5 heteroatoms. The van der Waals surface area contributed by atoms with Crippen molar-refractivity contribution in [1.29, 1.82) is 0 Å². The molecule has 1 saturated carbocycles. The lowest BCUT2D eigenvalue weighted by Gasteiger charge is -2.31. The number of hydrogen-bond donors (Lipinski definition) is 2. The van der Waals surface area contributed by atoms with Gasteiger partial charge in [0.2, 0.25) is 10.0 Å². The summed E-state index contributed by atoms with van der Waals surface area (Å²) in [6.07, 6.45) is 5.38. The number of aliphatic hydroxyl groups excluding tert-OH is 1. The fraction of sp³-hybridized carbons (Fsp3) is 0.625.